The highest BCUT2D eigenvalue weighted by Crippen LogP contribution is 2.44. The van der Waals surface area contributed by atoms with Gasteiger partial charge in [0, 0.05) is 60.2 Å². The van der Waals surface area contributed by atoms with Gasteiger partial charge in [0.25, 0.3) is 16.7 Å². The monoisotopic (exact) mass is 1670 g/mol. The van der Waals surface area contributed by atoms with E-state index in [1.54, 1.807) is 9.13 Å². The Bertz CT molecular complexity index is 9510. The van der Waals surface area contributed by atoms with Crippen LogP contribution in [0, 0.1) is 6.92 Å². The van der Waals surface area contributed by atoms with E-state index < -0.39 is 0 Å². The Balaban J connectivity index is 0.000000105. The van der Waals surface area contributed by atoms with Crippen LogP contribution >= 0.6 is 0 Å². The quantitative estimate of drug-likeness (QED) is 0.143. The first-order chi connectivity index (χ1) is 64.2. The normalized spacial score (nSPS) is 11.8. The van der Waals surface area contributed by atoms with Crippen molar-refractivity contribution in [3.63, 3.8) is 0 Å². The van der Waals surface area contributed by atoms with Gasteiger partial charge in [-0.2, -0.15) is 0 Å². The van der Waals surface area contributed by atoms with Gasteiger partial charge in [-0.15, -0.1) is 0 Å². The van der Waals surface area contributed by atoms with Crippen molar-refractivity contribution in [2.24, 2.45) is 0 Å². The molecule has 0 bridgehead atoms. The van der Waals surface area contributed by atoms with E-state index in [0.29, 0.717) is 27.7 Å². The van der Waals surface area contributed by atoms with Crippen LogP contribution < -0.4 is 16.7 Å². The molecule has 0 fully saturated rings. The second kappa shape index (κ2) is 30.0. The Morgan fingerprint density at radius 3 is 0.946 bits per heavy atom. The van der Waals surface area contributed by atoms with E-state index in [4.69, 9.17) is 9.97 Å². The molecule has 0 aliphatic rings. The van der Waals surface area contributed by atoms with Crippen LogP contribution in [0.5, 0.6) is 0 Å². The smallest absolute Gasteiger partial charge is 0.267 e. The summed E-state index contributed by atoms with van der Waals surface area (Å²) in [5, 5.41) is 11.3. The first-order valence-corrected chi connectivity index (χ1v) is 43.7. The van der Waals surface area contributed by atoms with Crippen LogP contribution in [0.2, 0.25) is 0 Å². The minimum atomic E-state index is -0.0902. The van der Waals surface area contributed by atoms with Gasteiger partial charge in [-0.25, -0.2) is 19.1 Å². The Hall–Kier alpha value is -17.8. The highest BCUT2D eigenvalue weighted by molar-refractivity contribution is 6.15. The largest absolute Gasteiger partial charge is 0.309 e. The molecule has 9 heterocycles. The SMILES string of the molecule is Cc1ccc2c(c1)c(=O)n(-c1ccccc1)c1c3ccccc3c(-c3ccc4c(c3)c3ccccc3n4-c3ccccc3)n21.O=c1c2cc(-c3ccc4c(c3)c3ccccc3n4-c3ccccc3)ccc2n2c3ccccc3nc2n1-c1ccccc1.O=c1c2ccccc2n2c3ccc(-c4ccc5c(c4)c4ccccc4n5-c4ccccc4)cc3nc2n1-c1ccccc1. The summed E-state index contributed by atoms with van der Waals surface area (Å²) in [6.07, 6.45) is 0. The van der Waals surface area contributed by atoms with Crippen molar-refractivity contribution in [2.45, 2.75) is 6.92 Å². The van der Waals surface area contributed by atoms with Gasteiger partial charge in [-0.05, 0) is 223 Å². The second-order valence-corrected chi connectivity index (χ2v) is 33.2. The van der Waals surface area contributed by atoms with Crippen molar-refractivity contribution in [3.8, 4) is 67.6 Å². The van der Waals surface area contributed by atoms with Crippen molar-refractivity contribution in [1.29, 1.82) is 0 Å². The number of rotatable bonds is 9. The first kappa shape index (κ1) is 74.8. The van der Waals surface area contributed by atoms with Gasteiger partial charge < -0.3 is 13.7 Å². The van der Waals surface area contributed by atoms with Crippen LogP contribution in [0.4, 0.5) is 0 Å². The van der Waals surface area contributed by atoms with Crippen molar-refractivity contribution >= 4 is 148 Å². The Kier molecular flexibility index (Phi) is 17.3. The molecule has 0 saturated heterocycles. The third kappa shape index (κ3) is 11.8. The molecular weight excluding hydrogens is 1600 g/mol. The predicted molar refractivity (Wildman–Crippen MR) is 534 cm³/mol. The Morgan fingerprint density at radius 1 is 0.185 bits per heavy atom. The zero-order valence-corrected chi connectivity index (χ0v) is 70.2. The molecule has 130 heavy (non-hydrogen) atoms. The zero-order valence-electron chi connectivity index (χ0n) is 70.2. The lowest BCUT2D eigenvalue weighted by Gasteiger charge is -2.15. The Labute approximate surface area is 741 Å². The molecule has 0 aliphatic heterocycles. The summed E-state index contributed by atoms with van der Waals surface area (Å²) in [4.78, 5) is 52.3. The number of hydrogen-bond donors (Lipinski definition) is 0. The van der Waals surface area contributed by atoms with Gasteiger partial charge >= 0.3 is 0 Å². The minimum absolute atomic E-state index is 0.0152. The lowest BCUT2D eigenvalue weighted by molar-refractivity contribution is 0.983. The third-order valence-corrected chi connectivity index (χ3v) is 25.8. The third-order valence-electron chi connectivity index (χ3n) is 25.8. The van der Waals surface area contributed by atoms with Gasteiger partial charge in [-0.3, -0.25) is 32.2 Å². The Morgan fingerprint density at radius 2 is 0.469 bits per heavy atom. The van der Waals surface area contributed by atoms with Crippen LogP contribution in [-0.2, 0) is 0 Å². The van der Waals surface area contributed by atoms with E-state index in [1.165, 1.54) is 54.4 Å². The van der Waals surface area contributed by atoms with E-state index in [9.17, 15) is 14.4 Å². The lowest BCUT2D eigenvalue weighted by atomic mass is 10.0. The van der Waals surface area contributed by atoms with Crippen molar-refractivity contribution < 1.29 is 0 Å². The number of aromatic nitrogens is 11. The summed E-state index contributed by atoms with van der Waals surface area (Å²) in [6, 6.07) is 150. The fraction of sp³-hybridized carbons (Fsp3) is 0.00862. The summed E-state index contributed by atoms with van der Waals surface area (Å²) >= 11 is 0. The fourth-order valence-electron chi connectivity index (χ4n) is 20.0. The summed E-state index contributed by atoms with van der Waals surface area (Å²) in [6.45, 7) is 2.04. The molecule has 27 aromatic rings. The number of fused-ring (bicyclic) bond motifs is 24. The topological polar surface area (TPSA) is 120 Å². The molecule has 9 aromatic heterocycles. The van der Waals surface area contributed by atoms with Gasteiger partial charge in [0.1, 0.15) is 5.65 Å². The number of hydrogen-bond acceptors (Lipinski definition) is 5. The summed E-state index contributed by atoms with van der Waals surface area (Å²) in [5.74, 6) is 1.20. The van der Waals surface area contributed by atoms with E-state index in [-0.39, 0.29) is 16.7 Å². The first-order valence-electron chi connectivity index (χ1n) is 43.7. The second-order valence-electron chi connectivity index (χ2n) is 33.2. The summed E-state index contributed by atoms with van der Waals surface area (Å²) < 4.78 is 18.8. The number of nitrogens with zero attached hydrogens (tertiary/aromatic N) is 11. The predicted octanol–water partition coefficient (Wildman–Crippen LogP) is 26.6. The van der Waals surface area contributed by atoms with Gasteiger partial charge in [0.05, 0.1) is 111 Å². The number of imidazole rings is 2. The van der Waals surface area contributed by atoms with Crippen LogP contribution in [-0.4, -0.2) is 50.6 Å². The van der Waals surface area contributed by atoms with E-state index in [2.05, 4.69) is 306 Å². The van der Waals surface area contributed by atoms with Gasteiger partial charge in [0.15, 0.2) is 0 Å². The maximum absolute atomic E-state index is 14.3. The number of aryl methyl sites for hydroxylation is 1. The molecule has 0 spiro atoms. The van der Waals surface area contributed by atoms with Crippen LogP contribution in [0.1, 0.15) is 5.56 Å². The maximum atomic E-state index is 14.3. The summed E-state index contributed by atoms with van der Waals surface area (Å²) in [5.41, 5.74) is 27.2. The van der Waals surface area contributed by atoms with Crippen LogP contribution in [0.25, 0.3) is 216 Å². The van der Waals surface area contributed by atoms with E-state index in [0.717, 1.165) is 139 Å². The number of para-hydroxylation sites is 12. The maximum Gasteiger partial charge on any atom is 0.267 e. The average molecular weight is 1670 g/mol. The molecule has 0 aliphatic carbocycles. The van der Waals surface area contributed by atoms with Gasteiger partial charge in [-0.1, -0.05) is 254 Å². The highest BCUT2D eigenvalue weighted by Gasteiger charge is 2.26. The lowest BCUT2D eigenvalue weighted by Crippen LogP contribution is -2.21. The molecule has 0 unspecified atom stereocenters. The highest BCUT2D eigenvalue weighted by atomic mass is 16.1. The molecular formula is C116H75N11O3. The van der Waals surface area contributed by atoms with Crippen molar-refractivity contribution in [3.05, 3.63) is 473 Å². The molecule has 0 atom stereocenters. The average Bonchev–Trinajstić information content (AvgIpc) is 1.54. The molecule has 14 heteroatoms. The molecule has 0 amide bonds. The molecule has 0 radical (unpaired) electrons. The summed E-state index contributed by atoms with van der Waals surface area (Å²) in [7, 11) is 0. The number of benzene rings is 18. The van der Waals surface area contributed by atoms with Crippen molar-refractivity contribution in [1.82, 2.24) is 50.6 Å². The molecule has 27 rings (SSSR count). The molecule has 18 aromatic carbocycles. The van der Waals surface area contributed by atoms with E-state index in [1.807, 2.05) is 169 Å². The zero-order chi connectivity index (χ0) is 86.3. The van der Waals surface area contributed by atoms with Gasteiger partial charge in [0.2, 0.25) is 11.6 Å². The van der Waals surface area contributed by atoms with Crippen molar-refractivity contribution in [2.75, 3.05) is 0 Å². The molecule has 0 saturated carbocycles. The van der Waals surface area contributed by atoms with Crippen LogP contribution in [0.15, 0.2) is 451 Å². The van der Waals surface area contributed by atoms with Crippen LogP contribution in [0.3, 0.4) is 0 Å². The molecule has 14 nitrogen and oxygen atoms in total. The molecule has 612 valence electrons. The standard InChI is InChI=1S/C40H27N3O.2C38H24N4O/c1-26-20-22-37-34(24-26)40(44)42(29-14-6-3-7-15-29)39-32-18-9-8-17-31(32)38(43(37)39)27-21-23-36-33(25-27)30-16-10-11-19-35(30)41(36)28-12-4-2-5-13-28;43-37-31-24-26(25-19-21-34-30(23-25)29-15-7-9-17-33(29)40(34)27-11-3-1-4-12-27)20-22-35(31)42-36-18-10-8-16-32(36)39-38(42)41(37)28-13-5-2-6-14-28;43-37-30-16-8-10-18-34(30)42-36-22-20-26(24-32(36)39-38(42)41(37)28-13-5-2-6-14-28)25-19-21-35-31(23-25)29-15-7-9-17-33(29)40(35)27-11-3-1-4-12-27/h2-25H,1H3;2*1-24H. The minimum Gasteiger partial charge on any atom is -0.309 e. The molecule has 0 N–H and O–H groups in total. The van der Waals surface area contributed by atoms with E-state index >= 15 is 0 Å². The fourth-order valence-corrected chi connectivity index (χ4v) is 20.0.